The van der Waals surface area contributed by atoms with Crippen molar-refractivity contribution < 1.29 is 19.4 Å². The SMILES string of the molecule is CCCCc1ccc(CC(Oc2ccc(OC)cc2)C(=O)O)cc1. The molecule has 0 fully saturated rings. The van der Waals surface area contributed by atoms with Gasteiger partial charge >= 0.3 is 5.97 Å². The Morgan fingerprint density at radius 1 is 1.00 bits per heavy atom. The average molecular weight is 328 g/mol. The lowest BCUT2D eigenvalue weighted by Crippen LogP contribution is -2.29. The van der Waals surface area contributed by atoms with E-state index in [1.807, 2.05) is 12.1 Å². The maximum Gasteiger partial charge on any atom is 0.345 e. The van der Waals surface area contributed by atoms with Gasteiger partial charge in [-0.1, -0.05) is 37.6 Å². The molecular formula is C20H24O4. The van der Waals surface area contributed by atoms with Gasteiger partial charge in [-0.2, -0.15) is 0 Å². The van der Waals surface area contributed by atoms with E-state index in [1.165, 1.54) is 12.0 Å². The summed E-state index contributed by atoms with van der Waals surface area (Å²) < 4.78 is 10.7. The van der Waals surface area contributed by atoms with Gasteiger partial charge in [-0.05, 0) is 48.2 Å². The van der Waals surface area contributed by atoms with Gasteiger partial charge in [-0.25, -0.2) is 4.79 Å². The molecule has 2 rings (SSSR count). The number of carboxylic acid groups (broad SMARTS) is 1. The van der Waals surface area contributed by atoms with Crippen molar-refractivity contribution in [2.24, 2.45) is 0 Å². The summed E-state index contributed by atoms with van der Waals surface area (Å²) in [6, 6.07) is 15.0. The van der Waals surface area contributed by atoms with Crippen LogP contribution < -0.4 is 9.47 Å². The lowest BCUT2D eigenvalue weighted by Gasteiger charge is -2.16. The summed E-state index contributed by atoms with van der Waals surface area (Å²) in [6.07, 6.45) is 2.80. The van der Waals surface area contributed by atoms with Gasteiger partial charge in [0.15, 0.2) is 6.10 Å². The summed E-state index contributed by atoms with van der Waals surface area (Å²) in [5, 5.41) is 9.42. The molecule has 2 aromatic carbocycles. The highest BCUT2D eigenvalue weighted by Crippen LogP contribution is 2.20. The molecule has 128 valence electrons. The molecule has 24 heavy (non-hydrogen) atoms. The van der Waals surface area contributed by atoms with E-state index in [-0.39, 0.29) is 0 Å². The maximum absolute atomic E-state index is 11.5. The Hall–Kier alpha value is -2.49. The predicted molar refractivity (Wildman–Crippen MR) is 93.8 cm³/mol. The molecule has 0 saturated carbocycles. The fraction of sp³-hybridized carbons (Fsp3) is 0.350. The molecule has 0 bridgehead atoms. The van der Waals surface area contributed by atoms with Crippen molar-refractivity contribution in [1.82, 2.24) is 0 Å². The van der Waals surface area contributed by atoms with Gasteiger partial charge in [-0.15, -0.1) is 0 Å². The smallest absolute Gasteiger partial charge is 0.345 e. The number of unbranched alkanes of at least 4 members (excludes halogenated alkanes) is 1. The molecular weight excluding hydrogens is 304 g/mol. The largest absolute Gasteiger partial charge is 0.497 e. The molecule has 1 N–H and O–H groups in total. The number of aliphatic carboxylic acids is 1. The number of hydrogen-bond donors (Lipinski definition) is 1. The van der Waals surface area contributed by atoms with Gasteiger partial charge in [0.1, 0.15) is 11.5 Å². The van der Waals surface area contributed by atoms with Crippen molar-refractivity contribution in [1.29, 1.82) is 0 Å². The summed E-state index contributed by atoms with van der Waals surface area (Å²) in [5.41, 5.74) is 2.24. The normalized spacial score (nSPS) is 11.8. The summed E-state index contributed by atoms with van der Waals surface area (Å²) in [7, 11) is 1.58. The topological polar surface area (TPSA) is 55.8 Å². The van der Waals surface area contributed by atoms with Crippen molar-refractivity contribution in [2.75, 3.05) is 7.11 Å². The first-order chi connectivity index (χ1) is 11.6. The first kappa shape index (κ1) is 17.9. The third-order valence-electron chi connectivity index (χ3n) is 3.88. The molecule has 0 heterocycles. The van der Waals surface area contributed by atoms with Gasteiger partial charge in [-0.3, -0.25) is 0 Å². The first-order valence-corrected chi connectivity index (χ1v) is 8.23. The minimum Gasteiger partial charge on any atom is -0.497 e. The Morgan fingerprint density at radius 2 is 1.58 bits per heavy atom. The highest BCUT2D eigenvalue weighted by Gasteiger charge is 2.20. The van der Waals surface area contributed by atoms with Crippen LogP contribution in [0.15, 0.2) is 48.5 Å². The Morgan fingerprint density at radius 3 is 2.12 bits per heavy atom. The molecule has 4 heteroatoms. The average Bonchev–Trinajstić information content (AvgIpc) is 2.61. The number of carbonyl (C=O) groups is 1. The number of aryl methyl sites for hydroxylation is 1. The van der Waals surface area contributed by atoms with Crippen LogP contribution in [-0.2, 0) is 17.6 Å². The van der Waals surface area contributed by atoms with E-state index in [2.05, 4.69) is 19.1 Å². The predicted octanol–water partition coefficient (Wildman–Crippen LogP) is 4.11. The molecule has 0 aliphatic heterocycles. The number of rotatable bonds is 9. The van der Waals surface area contributed by atoms with E-state index in [9.17, 15) is 9.90 Å². The summed E-state index contributed by atoms with van der Waals surface area (Å²) in [4.78, 5) is 11.5. The van der Waals surface area contributed by atoms with E-state index in [4.69, 9.17) is 9.47 Å². The maximum atomic E-state index is 11.5. The Bertz CT molecular complexity index is 632. The van der Waals surface area contributed by atoms with Crippen LogP contribution in [0, 0.1) is 0 Å². The van der Waals surface area contributed by atoms with E-state index in [1.54, 1.807) is 31.4 Å². The van der Waals surface area contributed by atoms with Crippen molar-refractivity contribution in [2.45, 2.75) is 38.7 Å². The third-order valence-corrected chi connectivity index (χ3v) is 3.88. The van der Waals surface area contributed by atoms with Crippen LogP contribution in [0.1, 0.15) is 30.9 Å². The molecule has 2 aromatic rings. The zero-order valence-electron chi connectivity index (χ0n) is 14.2. The van der Waals surface area contributed by atoms with Crippen LogP contribution in [0.4, 0.5) is 0 Å². The van der Waals surface area contributed by atoms with Crippen molar-refractivity contribution >= 4 is 5.97 Å². The fourth-order valence-corrected chi connectivity index (χ4v) is 2.43. The molecule has 4 nitrogen and oxygen atoms in total. The quantitative estimate of drug-likeness (QED) is 0.752. The standard InChI is InChI=1S/C20H24O4/c1-3-4-5-15-6-8-16(9-7-15)14-19(20(21)22)24-18-12-10-17(23-2)11-13-18/h6-13,19H,3-5,14H2,1-2H3,(H,21,22). The first-order valence-electron chi connectivity index (χ1n) is 8.23. The van der Waals surface area contributed by atoms with Gasteiger partial charge < -0.3 is 14.6 Å². The van der Waals surface area contributed by atoms with E-state index in [0.29, 0.717) is 17.9 Å². The Labute approximate surface area is 143 Å². The number of hydrogen-bond acceptors (Lipinski definition) is 3. The van der Waals surface area contributed by atoms with Crippen molar-refractivity contribution in [3.8, 4) is 11.5 Å². The second kappa shape index (κ2) is 8.96. The molecule has 0 aliphatic carbocycles. The van der Waals surface area contributed by atoms with Crippen molar-refractivity contribution in [3.63, 3.8) is 0 Å². The molecule has 0 aromatic heterocycles. The van der Waals surface area contributed by atoms with Crippen LogP contribution in [-0.4, -0.2) is 24.3 Å². The van der Waals surface area contributed by atoms with E-state index in [0.717, 1.165) is 18.4 Å². The summed E-state index contributed by atoms with van der Waals surface area (Å²) >= 11 is 0. The van der Waals surface area contributed by atoms with Crippen LogP contribution >= 0.6 is 0 Å². The fourth-order valence-electron chi connectivity index (χ4n) is 2.43. The molecule has 0 saturated heterocycles. The van der Waals surface area contributed by atoms with E-state index < -0.39 is 12.1 Å². The highest BCUT2D eigenvalue weighted by atomic mass is 16.5. The lowest BCUT2D eigenvalue weighted by molar-refractivity contribution is -0.145. The molecule has 0 spiro atoms. The molecule has 1 atom stereocenters. The number of benzene rings is 2. The molecule has 0 aliphatic rings. The van der Waals surface area contributed by atoms with Gasteiger partial charge in [0.25, 0.3) is 0 Å². The second-order valence-electron chi connectivity index (χ2n) is 5.74. The van der Waals surface area contributed by atoms with Crippen LogP contribution in [0.5, 0.6) is 11.5 Å². The number of carboxylic acids is 1. The zero-order valence-corrected chi connectivity index (χ0v) is 14.2. The second-order valence-corrected chi connectivity index (χ2v) is 5.74. The van der Waals surface area contributed by atoms with Crippen molar-refractivity contribution in [3.05, 3.63) is 59.7 Å². The van der Waals surface area contributed by atoms with Gasteiger partial charge in [0, 0.05) is 6.42 Å². The highest BCUT2D eigenvalue weighted by molar-refractivity contribution is 5.73. The van der Waals surface area contributed by atoms with Crippen LogP contribution in [0.25, 0.3) is 0 Å². The monoisotopic (exact) mass is 328 g/mol. The van der Waals surface area contributed by atoms with Crippen LogP contribution in [0.2, 0.25) is 0 Å². The number of methoxy groups -OCH3 is 1. The minimum absolute atomic E-state index is 0.329. The number of ether oxygens (including phenoxy) is 2. The van der Waals surface area contributed by atoms with Crippen LogP contribution in [0.3, 0.4) is 0 Å². The Balaban J connectivity index is 2.00. The molecule has 0 radical (unpaired) electrons. The molecule has 1 unspecified atom stereocenters. The van der Waals surface area contributed by atoms with E-state index >= 15 is 0 Å². The third kappa shape index (κ3) is 5.30. The summed E-state index contributed by atoms with van der Waals surface area (Å²) in [5.74, 6) is 0.250. The zero-order chi connectivity index (χ0) is 17.4. The van der Waals surface area contributed by atoms with Gasteiger partial charge in [0.05, 0.1) is 7.11 Å². The summed E-state index contributed by atoms with van der Waals surface area (Å²) in [6.45, 7) is 2.17. The molecule has 0 amide bonds. The Kier molecular flexibility index (Phi) is 6.67. The lowest BCUT2D eigenvalue weighted by atomic mass is 10.0. The van der Waals surface area contributed by atoms with Gasteiger partial charge in [0.2, 0.25) is 0 Å². The minimum atomic E-state index is -0.971.